The van der Waals surface area contributed by atoms with Crippen LogP contribution in [0.15, 0.2) is 4.90 Å². The average Bonchev–Trinajstić information content (AvgIpc) is 2.69. The Morgan fingerprint density at radius 2 is 2.19 bits per heavy atom. The molecule has 1 atom stereocenters. The van der Waals surface area contributed by atoms with Crippen molar-refractivity contribution < 1.29 is 13.2 Å². The second-order valence-corrected chi connectivity index (χ2v) is 8.02. The molecule has 0 bridgehead atoms. The lowest BCUT2D eigenvalue weighted by atomic mass is 10.1. The van der Waals surface area contributed by atoms with Crippen LogP contribution in [0.2, 0.25) is 0 Å². The molecular formula is C13H24N4O3S. The van der Waals surface area contributed by atoms with Crippen LogP contribution in [0.1, 0.15) is 32.2 Å². The first-order chi connectivity index (χ1) is 9.67. The molecule has 21 heavy (non-hydrogen) atoms. The Labute approximate surface area is 126 Å². The van der Waals surface area contributed by atoms with E-state index in [1.165, 1.54) is 4.31 Å². The molecule has 0 aliphatic carbocycles. The lowest BCUT2D eigenvalue weighted by Gasteiger charge is -2.40. The van der Waals surface area contributed by atoms with Crippen molar-refractivity contribution in [3.05, 3.63) is 11.4 Å². The number of nitrogens with one attached hydrogen (secondary N) is 2. The summed E-state index contributed by atoms with van der Waals surface area (Å²) in [6, 6.07) is 0. The normalized spacial score (nSPS) is 23.4. The maximum atomic E-state index is 13.0. The van der Waals surface area contributed by atoms with Gasteiger partial charge in [-0.15, -0.1) is 0 Å². The van der Waals surface area contributed by atoms with Gasteiger partial charge in [-0.2, -0.15) is 9.40 Å². The zero-order valence-electron chi connectivity index (χ0n) is 13.2. The summed E-state index contributed by atoms with van der Waals surface area (Å²) in [6.45, 7) is 8.53. The van der Waals surface area contributed by atoms with Crippen LogP contribution in [-0.2, 0) is 21.3 Å². The van der Waals surface area contributed by atoms with Crippen molar-refractivity contribution in [2.75, 3.05) is 20.1 Å². The molecule has 2 heterocycles. The maximum absolute atomic E-state index is 13.0. The number of rotatable bonds is 4. The number of hydrogen-bond donors (Lipinski definition) is 2. The molecule has 0 aromatic carbocycles. The van der Waals surface area contributed by atoms with E-state index in [-0.39, 0.29) is 11.0 Å². The number of H-pyrrole nitrogens is 1. The Bertz CT molecular complexity index is 609. The fourth-order valence-electron chi connectivity index (χ4n) is 2.81. The predicted octanol–water partition coefficient (Wildman–Crippen LogP) is 0.626. The van der Waals surface area contributed by atoms with Gasteiger partial charge in [0.1, 0.15) is 4.90 Å². The zero-order valence-corrected chi connectivity index (χ0v) is 14.0. The molecule has 2 N–H and O–H groups in total. The largest absolute Gasteiger partial charge is 0.370 e. The molecule has 1 aromatic rings. The topological polar surface area (TPSA) is 87.3 Å². The molecule has 1 aromatic heterocycles. The highest BCUT2D eigenvalue weighted by atomic mass is 32.2. The van der Waals surface area contributed by atoms with E-state index in [1.807, 2.05) is 20.8 Å². The molecule has 0 spiro atoms. The van der Waals surface area contributed by atoms with E-state index >= 15 is 0 Å². The molecule has 7 nitrogen and oxygen atoms in total. The van der Waals surface area contributed by atoms with Gasteiger partial charge in [0.2, 0.25) is 10.0 Å². The van der Waals surface area contributed by atoms with Crippen LogP contribution in [0, 0.1) is 6.92 Å². The molecule has 1 fully saturated rings. The molecule has 8 heteroatoms. The van der Waals surface area contributed by atoms with Crippen molar-refractivity contribution in [2.45, 2.75) is 50.8 Å². The quantitative estimate of drug-likeness (QED) is 0.850. The van der Waals surface area contributed by atoms with Crippen molar-refractivity contribution in [1.29, 1.82) is 0 Å². The third-order valence-corrected chi connectivity index (χ3v) is 5.46. The number of sulfonamides is 1. The first-order valence-electron chi connectivity index (χ1n) is 7.04. The van der Waals surface area contributed by atoms with Crippen LogP contribution in [0.3, 0.4) is 0 Å². The van der Waals surface area contributed by atoms with Crippen LogP contribution in [0.25, 0.3) is 0 Å². The van der Waals surface area contributed by atoms with Gasteiger partial charge < -0.3 is 10.1 Å². The number of nitrogens with zero attached hydrogens (tertiary/aromatic N) is 2. The van der Waals surface area contributed by atoms with E-state index < -0.39 is 15.6 Å². The number of hydrogen-bond acceptors (Lipinski definition) is 5. The highest BCUT2D eigenvalue weighted by Gasteiger charge is 2.39. The summed E-state index contributed by atoms with van der Waals surface area (Å²) in [7, 11) is -1.82. The Morgan fingerprint density at radius 3 is 2.76 bits per heavy atom. The Morgan fingerprint density at radius 1 is 1.52 bits per heavy atom. The molecule has 1 saturated heterocycles. The van der Waals surface area contributed by atoms with Crippen molar-refractivity contribution in [2.24, 2.45) is 0 Å². The monoisotopic (exact) mass is 316 g/mol. The van der Waals surface area contributed by atoms with Crippen molar-refractivity contribution in [3.8, 4) is 0 Å². The van der Waals surface area contributed by atoms with Gasteiger partial charge >= 0.3 is 0 Å². The van der Waals surface area contributed by atoms with E-state index in [0.29, 0.717) is 31.0 Å². The number of ether oxygens (including phenoxy) is 1. The second-order valence-electron chi connectivity index (χ2n) is 6.14. The fraction of sp³-hybridized carbons (Fsp3) is 0.769. The minimum atomic E-state index is -3.59. The molecule has 1 aliphatic heterocycles. The van der Waals surface area contributed by atoms with Crippen LogP contribution < -0.4 is 5.32 Å². The highest BCUT2D eigenvalue weighted by molar-refractivity contribution is 7.89. The summed E-state index contributed by atoms with van der Waals surface area (Å²) >= 11 is 0. The highest BCUT2D eigenvalue weighted by Crippen LogP contribution is 2.28. The van der Waals surface area contributed by atoms with Crippen molar-refractivity contribution in [3.63, 3.8) is 0 Å². The molecule has 2 rings (SSSR count). The Balaban J connectivity index is 2.40. The minimum absolute atomic E-state index is 0.136. The predicted molar refractivity (Wildman–Crippen MR) is 79.5 cm³/mol. The summed E-state index contributed by atoms with van der Waals surface area (Å²) in [5.74, 6) is 0. The molecule has 1 unspecified atom stereocenters. The van der Waals surface area contributed by atoms with Gasteiger partial charge in [0.25, 0.3) is 0 Å². The molecule has 0 amide bonds. The maximum Gasteiger partial charge on any atom is 0.246 e. The molecular weight excluding hydrogens is 292 g/mol. The summed E-state index contributed by atoms with van der Waals surface area (Å²) in [5, 5.41) is 9.82. The van der Waals surface area contributed by atoms with Gasteiger partial charge in [-0.3, -0.25) is 5.10 Å². The van der Waals surface area contributed by atoms with Gasteiger partial charge in [-0.25, -0.2) is 8.42 Å². The van der Waals surface area contributed by atoms with Gasteiger partial charge in [-0.05, 0) is 34.7 Å². The number of aromatic amines is 1. The second kappa shape index (κ2) is 5.68. The standard InChI is InChI=1S/C13H24N4O3S/c1-9-7-17(8-13(3,4)20-9)21(18,19)12-10(2)15-16-11(12)6-14-5/h9,14H,6-8H2,1-5H3,(H,15,16). The van der Waals surface area contributed by atoms with E-state index in [4.69, 9.17) is 4.74 Å². The van der Waals surface area contributed by atoms with E-state index in [2.05, 4.69) is 15.5 Å². The summed E-state index contributed by atoms with van der Waals surface area (Å²) in [4.78, 5) is 0.279. The van der Waals surface area contributed by atoms with E-state index in [9.17, 15) is 8.42 Å². The SMILES string of the molecule is CNCc1n[nH]c(C)c1S(=O)(=O)N1CC(C)OC(C)(C)C1. The third-order valence-electron chi connectivity index (χ3n) is 3.44. The van der Waals surface area contributed by atoms with Gasteiger partial charge in [0, 0.05) is 19.6 Å². The van der Waals surface area contributed by atoms with E-state index in [0.717, 1.165) is 0 Å². The third kappa shape index (κ3) is 3.28. The number of aryl methyl sites for hydroxylation is 1. The van der Waals surface area contributed by atoms with Gasteiger partial charge in [-0.1, -0.05) is 0 Å². The van der Waals surface area contributed by atoms with Crippen molar-refractivity contribution >= 4 is 10.0 Å². The van der Waals surface area contributed by atoms with E-state index in [1.54, 1.807) is 14.0 Å². The van der Waals surface area contributed by atoms with Gasteiger partial charge in [0.15, 0.2) is 0 Å². The molecule has 0 radical (unpaired) electrons. The lowest BCUT2D eigenvalue weighted by Crippen LogP contribution is -2.53. The zero-order chi connectivity index (χ0) is 15.8. The lowest BCUT2D eigenvalue weighted by molar-refractivity contribution is -0.109. The summed E-state index contributed by atoms with van der Waals surface area (Å²) in [5.41, 5.74) is 0.593. The number of morpholine rings is 1. The van der Waals surface area contributed by atoms with Crippen LogP contribution >= 0.6 is 0 Å². The van der Waals surface area contributed by atoms with Crippen LogP contribution in [0.4, 0.5) is 0 Å². The van der Waals surface area contributed by atoms with Crippen molar-refractivity contribution in [1.82, 2.24) is 19.8 Å². The first-order valence-corrected chi connectivity index (χ1v) is 8.48. The number of aromatic nitrogens is 2. The molecule has 1 aliphatic rings. The summed E-state index contributed by atoms with van der Waals surface area (Å²) in [6.07, 6.45) is -0.136. The minimum Gasteiger partial charge on any atom is -0.370 e. The van der Waals surface area contributed by atoms with Crippen LogP contribution in [0.5, 0.6) is 0 Å². The smallest absolute Gasteiger partial charge is 0.246 e. The fourth-order valence-corrected chi connectivity index (χ4v) is 4.80. The Kier molecular flexibility index (Phi) is 4.44. The average molecular weight is 316 g/mol. The Hall–Kier alpha value is -0.960. The molecule has 0 saturated carbocycles. The van der Waals surface area contributed by atoms with Crippen LogP contribution in [-0.4, -0.2) is 54.8 Å². The van der Waals surface area contributed by atoms with Gasteiger partial charge in [0.05, 0.1) is 23.1 Å². The summed E-state index contributed by atoms with van der Waals surface area (Å²) < 4.78 is 33.2. The first kappa shape index (κ1) is 16.4. The molecule has 120 valence electrons.